The Morgan fingerprint density at radius 1 is 1.11 bits per heavy atom. The van der Waals surface area contributed by atoms with E-state index in [0.29, 0.717) is 26.2 Å². The van der Waals surface area contributed by atoms with E-state index in [2.05, 4.69) is 0 Å². The Morgan fingerprint density at radius 2 is 1.81 bits per heavy atom. The van der Waals surface area contributed by atoms with E-state index < -0.39 is 10.2 Å². The summed E-state index contributed by atoms with van der Waals surface area (Å²) in [5.74, 6) is 1.08. The van der Waals surface area contributed by atoms with Crippen LogP contribution in [0.5, 0.6) is 5.75 Å². The molecule has 0 radical (unpaired) electrons. The zero-order valence-corrected chi connectivity index (χ0v) is 16.9. The van der Waals surface area contributed by atoms with E-state index in [-0.39, 0.29) is 5.92 Å². The van der Waals surface area contributed by atoms with Crippen molar-refractivity contribution in [3.63, 3.8) is 0 Å². The molecule has 1 saturated heterocycles. The van der Waals surface area contributed by atoms with E-state index in [4.69, 9.17) is 4.74 Å². The Bertz CT molecular complexity index is 840. The smallest absolute Gasteiger partial charge is 0.282 e. The summed E-state index contributed by atoms with van der Waals surface area (Å²) in [5, 5.41) is 0. The predicted octanol–water partition coefficient (Wildman–Crippen LogP) is 3.46. The van der Waals surface area contributed by atoms with Crippen molar-refractivity contribution < 1.29 is 13.2 Å². The number of para-hydroxylation sites is 1. The first-order chi connectivity index (χ1) is 13.0. The van der Waals surface area contributed by atoms with E-state index in [0.717, 1.165) is 29.7 Å². The van der Waals surface area contributed by atoms with Crippen molar-refractivity contribution in [2.24, 2.45) is 5.92 Å². The first-order valence-electron chi connectivity index (χ1n) is 9.40. The Hall–Kier alpha value is -1.89. The van der Waals surface area contributed by atoms with Crippen LogP contribution in [0.4, 0.5) is 0 Å². The normalized spacial score (nSPS) is 18.6. The number of aryl methyl sites for hydroxylation is 1. The molecule has 0 saturated carbocycles. The van der Waals surface area contributed by atoms with Gasteiger partial charge in [-0.2, -0.15) is 17.0 Å². The standard InChI is InChI=1S/C21H28N2O3S/c1-18-9-6-7-13-21(18)26-17-20-12-8-14-23(16-20)27(24,25)22(2)15-19-10-4-3-5-11-19/h3-7,9-11,13,20H,8,12,14-17H2,1-2H3. The minimum absolute atomic E-state index is 0.207. The van der Waals surface area contributed by atoms with Gasteiger partial charge in [-0.25, -0.2) is 0 Å². The zero-order valence-electron chi connectivity index (χ0n) is 16.0. The highest BCUT2D eigenvalue weighted by Gasteiger charge is 2.32. The quantitative estimate of drug-likeness (QED) is 0.730. The predicted molar refractivity (Wildman–Crippen MR) is 108 cm³/mol. The lowest BCUT2D eigenvalue weighted by molar-refractivity contribution is 0.175. The van der Waals surface area contributed by atoms with Gasteiger partial charge in [0, 0.05) is 32.6 Å². The van der Waals surface area contributed by atoms with Crippen LogP contribution in [0.3, 0.4) is 0 Å². The summed E-state index contributed by atoms with van der Waals surface area (Å²) in [7, 11) is -1.82. The van der Waals surface area contributed by atoms with Gasteiger partial charge in [-0.15, -0.1) is 0 Å². The average Bonchev–Trinajstić information content (AvgIpc) is 2.68. The van der Waals surface area contributed by atoms with Gasteiger partial charge in [0.15, 0.2) is 0 Å². The molecule has 2 aromatic carbocycles. The van der Waals surface area contributed by atoms with Crippen LogP contribution in [0.15, 0.2) is 54.6 Å². The molecule has 146 valence electrons. The molecule has 0 N–H and O–H groups in total. The van der Waals surface area contributed by atoms with Gasteiger partial charge in [0.1, 0.15) is 5.75 Å². The summed E-state index contributed by atoms with van der Waals surface area (Å²) in [5.41, 5.74) is 2.08. The first-order valence-corrected chi connectivity index (χ1v) is 10.8. The van der Waals surface area contributed by atoms with Crippen LogP contribution in [-0.4, -0.2) is 43.8 Å². The number of hydrogen-bond acceptors (Lipinski definition) is 3. The number of piperidine rings is 1. The molecule has 1 atom stereocenters. The molecular weight excluding hydrogens is 360 g/mol. The van der Waals surface area contributed by atoms with Crippen LogP contribution in [0.2, 0.25) is 0 Å². The van der Waals surface area contributed by atoms with Gasteiger partial charge in [-0.05, 0) is 37.0 Å². The van der Waals surface area contributed by atoms with Crippen LogP contribution in [-0.2, 0) is 16.8 Å². The highest BCUT2D eigenvalue weighted by Crippen LogP contribution is 2.24. The van der Waals surface area contributed by atoms with E-state index in [1.807, 2.05) is 61.5 Å². The van der Waals surface area contributed by atoms with Gasteiger partial charge in [0.25, 0.3) is 10.2 Å². The molecule has 1 unspecified atom stereocenters. The molecule has 0 aromatic heterocycles. The Morgan fingerprint density at radius 3 is 2.56 bits per heavy atom. The van der Waals surface area contributed by atoms with Gasteiger partial charge in [0.2, 0.25) is 0 Å². The molecule has 27 heavy (non-hydrogen) atoms. The number of hydrogen-bond donors (Lipinski definition) is 0. The van der Waals surface area contributed by atoms with Crippen molar-refractivity contribution in [2.45, 2.75) is 26.3 Å². The summed E-state index contributed by atoms with van der Waals surface area (Å²) in [6.07, 6.45) is 1.85. The zero-order chi connectivity index (χ0) is 19.3. The summed E-state index contributed by atoms with van der Waals surface area (Å²) in [6, 6.07) is 17.6. The van der Waals surface area contributed by atoms with Gasteiger partial charge in [0.05, 0.1) is 6.61 Å². The summed E-state index contributed by atoms with van der Waals surface area (Å²) in [6.45, 7) is 4.02. The lowest BCUT2D eigenvalue weighted by Crippen LogP contribution is -2.47. The fraction of sp³-hybridized carbons (Fsp3) is 0.429. The average molecular weight is 389 g/mol. The van der Waals surface area contributed by atoms with Crippen LogP contribution in [0.25, 0.3) is 0 Å². The maximum Gasteiger partial charge on any atom is 0.282 e. The molecule has 1 aliphatic rings. The molecule has 0 aliphatic carbocycles. The fourth-order valence-corrected chi connectivity index (χ4v) is 4.88. The highest BCUT2D eigenvalue weighted by atomic mass is 32.2. The number of ether oxygens (including phenoxy) is 1. The number of nitrogens with zero attached hydrogens (tertiary/aromatic N) is 2. The minimum Gasteiger partial charge on any atom is -0.493 e. The Balaban J connectivity index is 1.60. The fourth-order valence-electron chi connectivity index (χ4n) is 3.42. The van der Waals surface area contributed by atoms with Gasteiger partial charge >= 0.3 is 0 Å². The summed E-state index contributed by atoms with van der Waals surface area (Å²) < 4.78 is 34.9. The van der Waals surface area contributed by atoms with E-state index in [9.17, 15) is 8.42 Å². The van der Waals surface area contributed by atoms with E-state index in [1.165, 1.54) is 4.31 Å². The highest BCUT2D eigenvalue weighted by molar-refractivity contribution is 7.86. The van der Waals surface area contributed by atoms with E-state index >= 15 is 0 Å². The number of benzene rings is 2. The molecule has 1 aliphatic heterocycles. The molecule has 3 rings (SSSR count). The Labute approximate surface area is 162 Å². The lowest BCUT2D eigenvalue weighted by atomic mass is 10.0. The van der Waals surface area contributed by atoms with Crippen molar-refractivity contribution in [1.29, 1.82) is 0 Å². The molecule has 0 amide bonds. The van der Waals surface area contributed by atoms with Gasteiger partial charge in [-0.1, -0.05) is 48.5 Å². The minimum atomic E-state index is -3.47. The van der Waals surface area contributed by atoms with Gasteiger partial charge in [-0.3, -0.25) is 0 Å². The van der Waals surface area contributed by atoms with Gasteiger partial charge < -0.3 is 4.74 Å². The molecule has 0 bridgehead atoms. The summed E-state index contributed by atoms with van der Waals surface area (Å²) in [4.78, 5) is 0. The molecule has 5 nitrogen and oxygen atoms in total. The summed E-state index contributed by atoms with van der Waals surface area (Å²) >= 11 is 0. The second kappa shape index (κ2) is 8.87. The molecule has 1 heterocycles. The van der Waals surface area contributed by atoms with Crippen LogP contribution in [0.1, 0.15) is 24.0 Å². The SMILES string of the molecule is Cc1ccccc1OCC1CCCN(S(=O)(=O)N(C)Cc2ccccc2)C1. The third-order valence-electron chi connectivity index (χ3n) is 5.02. The third kappa shape index (κ3) is 5.09. The largest absolute Gasteiger partial charge is 0.493 e. The monoisotopic (exact) mass is 388 g/mol. The third-order valence-corrected chi connectivity index (χ3v) is 6.92. The maximum atomic E-state index is 13.0. The molecule has 6 heteroatoms. The first kappa shape index (κ1) is 19.9. The molecule has 1 fully saturated rings. The van der Waals surface area contributed by atoms with Crippen molar-refractivity contribution in [2.75, 3.05) is 26.7 Å². The molecule has 2 aromatic rings. The lowest BCUT2D eigenvalue weighted by Gasteiger charge is -2.34. The van der Waals surface area contributed by atoms with Crippen LogP contribution in [0, 0.1) is 12.8 Å². The van der Waals surface area contributed by atoms with Crippen molar-refractivity contribution in [3.8, 4) is 5.75 Å². The molecular formula is C21H28N2O3S. The second-order valence-electron chi connectivity index (χ2n) is 7.19. The Kier molecular flexibility index (Phi) is 6.52. The second-order valence-corrected chi connectivity index (χ2v) is 9.23. The van der Waals surface area contributed by atoms with Crippen molar-refractivity contribution >= 4 is 10.2 Å². The topological polar surface area (TPSA) is 49.9 Å². The number of rotatable bonds is 7. The van der Waals surface area contributed by atoms with Crippen molar-refractivity contribution in [1.82, 2.24) is 8.61 Å². The van der Waals surface area contributed by atoms with E-state index in [1.54, 1.807) is 11.4 Å². The maximum absolute atomic E-state index is 13.0. The molecule has 0 spiro atoms. The van der Waals surface area contributed by atoms with Crippen molar-refractivity contribution in [3.05, 3.63) is 65.7 Å². The van der Waals surface area contributed by atoms with Crippen LogP contribution >= 0.6 is 0 Å². The van der Waals surface area contributed by atoms with Crippen LogP contribution < -0.4 is 4.74 Å².